The SMILES string of the molecule is COCc1cc(=O)[nH]c(SCC(=O)Nc2ccccc2[N+](=O)[O-])n1. The Kier molecular flexibility index (Phi) is 6.04. The number of aromatic nitrogens is 2. The van der Waals surface area contributed by atoms with Gasteiger partial charge in [-0.3, -0.25) is 19.7 Å². The van der Waals surface area contributed by atoms with Crippen molar-refractivity contribution in [2.75, 3.05) is 18.2 Å². The fraction of sp³-hybridized carbons (Fsp3) is 0.214. The predicted octanol–water partition coefficient (Wildman–Crippen LogP) is 1.56. The summed E-state index contributed by atoms with van der Waals surface area (Å²) in [5.74, 6) is -0.514. The molecule has 0 fully saturated rings. The summed E-state index contributed by atoms with van der Waals surface area (Å²) in [6.07, 6.45) is 0. The Hall–Kier alpha value is -2.72. The van der Waals surface area contributed by atoms with Gasteiger partial charge in [0.15, 0.2) is 5.16 Å². The summed E-state index contributed by atoms with van der Waals surface area (Å²) in [4.78, 5) is 40.4. The molecule has 2 rings (SSSR count). The maximum atomic E-state index is 12.0. The highest BCUT2D eigenvalue weighted by Crippen LogP contribution is 2.23. The number of hydrogen-bond donors (Lipinski definition) is 2. The second-order valence-corrected chi connectivity index (χ2v) is 5.55. The van der Waals surface area contributed by atoms with E-state index in [0.717, 1.165) is 11.8 Å². The Morgan fingerprint density at radius 2 is 2.21 bits per heavy atom. The number of nitro benzene ring substituents is 1. The Morgan fingerprint density at radius 1 is 1.46 bits per heavy atom. The number of amides is 1. The maximum absolute atomic E-state index is 12.0. The van der Waals surface area contributed by atoms with Crippen LogP contribution in [0.3, 0.4) is 0 Å². The molecular formula is C14H14N4O5S. The summed E-state index contributed by atoms with van der Waals surface area (Å²) in [6.45, 7) is 0.180. The molecule has 0 aliphatic carbocycles. The molecule has 0 spiro atoms. The summed E-state index contributed by atoms with van der Waals surface area (Å²) in [7, 11) is 1.48. The summed E-state index contributed by atoms with van der Waals surface area (Å²) in [5.41, 5.74) is 0.0219. The topological polar surface area (TPSA) is 127 Å². The van der Waals surface area contributed by atoms with Crippen LogP contribution in [0.15, 0.2) is 40.3 Å². The molecule has 1 aromatic carbocycles. The zero-order valence-corrected chi connectivity index (χ0v) is 13.5. The fourth-order valence-corrected chi connectivity index (χ4v) is 2.53. The summed E-state index contributed by atoms with van der Waals surface area (Å²) in [6, 6.07) is 7.15. The number of rotatable bonds is 7. The van der Waals surface area contributed by atoms with Crippen LogP contribution in [0.5, 0.6) is 0 Å². The van der Waals surface area contributed by atoms with Crippen molar-refractivity contribution in [1.29, 1.82) is 0 Å². The first-order chi connectivity index (χ1) is 11.5. The Bertz CT molecular complexity index is 808. The number of nitrogens with zero attached hydrogens (tertiary/aromatic N) is 2. The lowest BCUT2D eigenvalue weighted by Gasteiger charge is -2.06. The molecule has 0 aliphatic heterocycles. The minimum absolute atomic E-state index is 0.0641. The van der Waals surface area contributed by atoms with Gasteiger partial charge < -0.3 is 15.0 Å². The van der Waals surface area contributed by atoms with Crippen molar-refractivity contribution in [2.24, 2.45) is 0 Å². The van der Waals surface area contributed by atoms with Crippen LogP contribution in [0.4, 0.5) is 11.4 Å². The van der Waals surface area contributed by atoms with Crippen molar-refractivity contribution in [1.82, 2.24) is 9.97 Å². The lowest BCUT2D eigenvalue weighted by atomic mass is 10.2. The Labute approximate surface area is 140 Å². The molecule has 1 amide bonds. The molecule has 0 radical (unpaired) electrons. The number of nitrogens with one attached hydrogen (secondary N) is 2. The van der Waals surface area contributed by atoms with Crippen molar-refractivity contribution >= 4 is 29.0 Å². The number of carbonyl (C=O) groups excluding carboxylic acids is 1. The molecule has 126 valence electrons. The minimum atomic E-state index is -0.573. The Balaban J connectivity index is 2.02. The average Bonchev–Trinajstić information content (AvgIpc) is 2.53. The molecule has 0 saturated heterocycles. The average molecular weight is 350 g/mol. The molecule has 2 aromatic rings. The van der Waals surface area contributed by atoms with Crippen molar-refractivity contribution in [3.8, 4) is 0 Å². The zero-order chi connectivity index (χ0) is 17.5. The highest BCUT2D eigenvalue weighted by molar-refractivity contribution is 7.99. The van der Waals surface area contributed by atoms with Crippen molar-refractivity contribution < 1.29 is 14.5 Å². The smallest absolute Gasteiger partial charge is 0.292 e. The van der Waals surface area contributed by atoms with Crippen molar-refractivity contribution in [3.05, 3.63) is 56.5 Å². The molecule has 0 saturated carbocycles. The first-order valence-electron chi connectivity index (χ1n) is 6.75. The maximum Gasteiger partial charge on any atom is 0.292 e. The second-order valence-electron chi connectivity index (χ2n) is 4.59. The molecule has 0 atom stereocenters. The number of carbonyl (C=O) groups is 1. The van der Waals surface area contributed by atoms with Gasteiger partial charge >= 0.3 is 0 Å². The van der Waals surface area contributed by atoms with Crippen LogP contribution in [0.2, 0.25) is 0 Å². The molecule has 1 aromatic heterocycles. The van der Waals surface area contributed by atoms with Crippen LogP contribution in [-0.4, -0.2) is 33.7 Å². The molecule has 9 nitrogen and oxygen atoms in total. The largest absolute Gasteiger partial charge is 0.378 e. The summed E-state index contributed by atoms with van der Waals surface area (Å²) < 4.78 is 4.91. The number of H-pyrrole nitrogens is 1. The van der Waals surface area contributed by atoms with Crippen LogP contribution in [0.1, 0.15) is 5.69 Å². The van der Waals surface area contributed by atoms with Gasteiger partial charge in [-0.2, -0.15) is 0 Å². The van der Waals surface area contributed by atoms with Gasteiger partial charge in [0, 0.05) is 19.2 Å². The lowest BCUT2D eigenvalue weighted by Crippen LogP contribution is -2.16. The molecule has 0 aliphatic rings. The van der Waals surface area contributed by atoms with Crippen LogP contribution < -0.4 is 10.9 Å². The highest BCUT2D eigenvalue weighted by atomic mass is 32.2. The summed E-state index contributed by atoms with van der Waals surface area (Å²) in [5, 5.41) is 13.6. The first-order valence-corrected chi connectivity index (χ1v) is 7.73. The van der Waals surface area contributed by atoms with Gasteiger partial charge in [0.2, 0.25) is 5.91 Å². The second kappa shape index (κ2) is 8.22. The molecule has 0 unspecified atom stereocenters. The van der Waals surface area contributed by atoms with E-state index in [1.807, 2.05) is 0 Å². The van der Waals surface area contributed by atoms with E-state index in [1.165, 1.54) is 31.4 Å². The van der Waals surface area contributed by atoms with E-state index >= 15 is 0 Å². The number of aromatic amines is 1. The molecule has 1 heterocycles. The zero-order valence-electron chi connectivity index (χ0n) is 12.6. The number of para-hydroxylation sites is 2. The third-order valence-corrected chi connectivity index (χ3v) is 3.65. The molecular weight excluding hydrogens is 336 g/mol. The number of nitro groups is 1. The van der Waals surface area contributed by atoms with E-state index in [0.29, 0.717) is 5.69 Å². The van der Waals surface area contributed by atoms with Gasteiger partial charge in [-0.15, -0.1) is 0 Å². The van der Waals surface area contributed by atoms with E-state index in [4.69, 9.17) is 4.74 Å². The summed E-state index contributed by atoms with van der Waals surface area (Å²) >= 11 is 1.01. The van der Waals surface area contributed by atoms with Crippen LogP contribution in [-0.2, 0) is 16.1 Å². The number of benzene rings is 1. The molecule has 0 bridgehead atoms. The molecule has 10 heteroatoms. The van der Waals surface area contributed by atoms with E-state index < -0.39 is 10.8 Å². The number of ether oxygens (including phenoxy) is 1. The van der Waals surface area contributed by atoms with E-state index in [1.54, 1.807) is 6.07 Å². The number of methoxy groups -OCH3 is 1. The van der Waals surface area contributed by atoms with Crippen molar-refractivity contribution in [3.63, 3.8) is 0 Å². The van der Waals surface area contributed by atoms with Gasteiger partial charge in [0.25, 0.3) is 11.2 Å². The number of anilines is 1. The quantitative estimate of drug-likeness (QED) is 0.336. The molecule has 24 heavy (non-hydrogen) atoms. The normalized spacial score (nSPS) is 10.4. The van der Waals surface area contributed by atoms with Gasteiger partial charge in [-0.05, 0) is 6.07 Å². The number of hydrogen-bond acceptors (Lipinski definition) is 7. The number of thioether (sulfide) groups is 1. The third kappa shape index (κ3) is 4.89. The van der Waals surface area contributed by atoms with E-state index in [-0.39, 0.29) is 34.5 Å². The fourth-order valence-electron chi connectivity index (χ4n) is 1.83. The minimum Gasteiger partial charge on any atom is -0.378 e. The first kappa shape index (κ1) is 17.6. The van der Waals surface area contributed by atoms with E-state index in [9.17, 15) is 19.7 Å². The van der Waals surface area contributed by atoms with Gasteiger partial charge in [0.1, 0.15) is 5.69 Å². The highest BCUT2D eigenvalue weighted by Gasteiger charge is 2.15. The van der Waals surface area contributed by atoms with Gasteiger partial charge in [0.05, 0.1) is 23.0 Å². The van der Waals surface area contributed by atoms with Gasteiger partial charge in [-0.25, -0.2) is 4.98 Å². The Morgan fingerprint density at radius 3 is 2.92 bits per heavy atom. The lowest BCUT2D eigenvalue weighted by molar-refractivity contribution is -0.383. The van der Waals surface area contributed by atoms with Gasteiger partial charge in [-0.1, -0.05) is 23.9 Å². The van der Waals surface area contributed by atoms with Crippen LogP contribution in [0.25, 0.3) is 0 Å². The van der Waals surface area contributed by atoms with Crippen molar-refractivity contribution in [2.45, 2.75) is 11.8 Å². The standard InChI is InChI=1S/C14H14N4O5S/c1-23-7-9-6-12(19)17-14(15-9)24-8-13(20)16-10-4-2-3-5-11(10)18(21)22/h2-6H,7-8H2,1H3,(H,16,20)(H,15,17,19). The predicted molar refractivity (Wildman–Crippen MR) is 88.0 cm³/mol. The van der Waals surface area contributed by atoms with E-state index in [2.05, 4.69) is 15.3 Å². The van der Waals surface area contributed by atoms with Crippen LogP contribution in [0, 0.1) is 10.1 Å². The molecule has 2 N–H and O–H groups in total. The van der Waals surface area contributed by atoms with Crippen LogP contribution >= 0.6 is 11.8 Å². The third-order valence-electron chi connectivity index (χ3n) is 2.78. The monoisotopic (exact) mass is 350 g/mol.